The summed E-state index contributed by atoms with van der Waals surface area (Å²) in [5.74, 6) is 1.43. The van der Waals surface area contributed by atoms with Gasteiger partial charge in [0.25, 0.3) is 0 Å². The van der Waals surface area contributed by atoms with Crippen molar-refractivity contribution in [1.82, 2.24) is 0 Å². The van der Waals surface area contributed by atoms with Crippen LogP contribution < -0.4 is 14.8 Å². The molecule has 0 fully saturated rings. The van der Waals surface area contributed by atoms with Crippen molar-refractivity contribution in [2.45, 2.75) is 0 Å². The third-order valence-corrected chi connectivity index (χ3v) is 3.32. The number of hydrogen-bond donors (Lipinski definition) is 0. The standard InChI is InChI=1S/C19H15BO3/c21-15-16-11-13-17(14-12-16)20(22-18-7-3-1-4-8-18)23-19-9-5-2-6-10-19/h1-15H. The third kappa shape index (κ3) is 4.01. The molecule has 0 spiro atoms. The Kier molecular flexibility index (Phi) is 4.74. The van der Waals surface area contributed by atoms with E-state index in [-0.39, 0.29) is 0 Å². The normalized spacial score (nSPS) is 9.91. The average Bonchev–Trinajstić information content (AvgIpc) is 2.63. The highest BCUT2D eigenvalue weighted by Gasteiger charge is 2.26. The van der Waals surface area contributed by atoms with Gasteiger partial charge in [0.15, 0.2) is 0 Å². The second-order valence-corrected chi connectivity index (χ2v) is 4.98. The van der Waals surface area contributed by atoms with Gasteiger partial charge in [-0.15, -0.1) is 0 Å². The van der Waals surface area contributed by atoms with E-state index in [0.717, 1.165) is 11.7 Å². The van der Waals surface area contributed by atoms with Gasteiger partial charge in [0, 0.05) is 11.0 Å². The Bertz CT molecular complexity index is 701. The Balaban J connectivity index is 1.86. The van der Waals surface area contributed by atoms with Crippen molar-refractivity contribution in [3.05, 3.63) is 90.5 Å². The molecular weight excluding hydrogens is 287 g/mol. The van der Waals surface area contributed by atoms with E-state index in [4.69, 9.17) is 9.31 Å². The second kappa shape index (κ2) is 7.32. The molecule has 0 amide bonds. The van der Waals surface area contributed by atoms with Gasteiger partial charge in [-0.3, -0.25) is 4.79 Å². The molecule has 3 nitrogen and oxygen atoms in total. The molecule has 0 aliphatic carbocycles. The SMILES string of the molecule is O=Cc1ccc(B(Oc2ccccc2)Oc2ccccc2)cc1. The molecule has 0 unspecified atom stereocenters. The van der Waals surface area contributed by atoms with Gasteiger partial charge in [0.1, 0.15) is 17.8 Å². The van der Waals surface area contributed by atoms with E-state index in [2.05, 4.69) is 0 Å². The number of rotatable bonds is 6. The minimum absolute atomic E-state index is 0.597. The van der Waals surface area contributed by atoms with E-state index in [9.17, 15) is 4.79 Å². The first-order chi connectivity index (χ1) is 11.3. The molecule has 3 aromatic carbocycles. The van der Waals surface area contributed by atoms with Gasteiger partial charge in [0.2, 0.25) is 0 Å². The van der Waals surface area contributed by atoms with Crippen molar-refractivity contribution < 1.29 is 14.1 Å². The molecule has 0 heterocycles. The highest BCUT2D eigenvalue weighted by molar-refractivity contribution is 6.62. The van der Waals surface area contributed by atoms with Crippen molar-refractivity contribution in [3.63, 3.8) is 0 Å². The minimum Gasteiger partial charge on any atom is -0.522 e. The van der Waals surface area contributed by atoms with Gasteiger partial charge in [-0.05, 0) is 24.3 Å². The number of para-hydroxylation sites is 2. The molecule has 0 radical (unpaired) electrons. The first kappa shape index (κ1) is 14.9. The molecule has 3 aromatic rings. The predicted octanol–water partition coefficient (Wildman–Crippen LogP) is 3.35. The molecule has 0 saturated heterocycles. The second-order valence-electron chi connectivity index (χ2n) is 4.98. The Morgan fingerprint density at radius 1 is 0.652 bits per heavy atom. The number of aldehydes is 1. The topological polar surface area (TPSA) is 35.5 Å². The Labute approximate surface area is 135 Å². The van der Waals surface area contributed by atoms with Gasteiger partial charge in [-0.2, -0.15) is 0 Å². The summed E-state index contributed by atoms with van der Waals surface area (Å²) < 4.78 is 11.9. The quantitative estimate of drug-likeness (QED) is 0.517. The van der Waals surface area contributed by atoms with E-state index >= 15 is 0 Å². The molecule has 0 aromatic heterocycles. The van der Waals surface area contributed by atoms with Crippen molar-refractivity contribution in [1.29, 1.82) is 0 Å². The monoisotopic (exact) mass is 302 g/mol. The van der Waals surface area contributed by atoms with Crippen LogP contribution in [-0.2, 0) is 0 Å². The van der Waals surface area contributed by atoms with Crippen LogP contribution in [0, 0.1) is 0 Å². The first-order valence-electron chi connectivity index (χ1n) is 7.34. The molecule has 0 atom stereocenters. The van der Waals surface area contributed by atoms with E-state index in [1.165, 1.54) is 0 Å². The van der Waals surface area contributed by atoms with Crippen LogP contribution in [0.4, 0.5) is 0 Å². The van der Waals surface area contributed by atoms with Crippen molar-refractivity contribution in [2.24, 2.45) is 0 Å². The Hall–Kier alpha value is -3.01. The van der Waals surface area contributed by atoms with Gasteiger partial charge in [-0.25, -0.2) is 0 Å². The van der Waals surface area contributed by atoms with E-state index in [1.807, 2.05) is 72.8 Å². The lowest BCUT2D eigenvalue weighted by Gasteiger charge is -2.17. The average molecular weight is 302 g/mol. The van der Waals surface area contributed by atoms with E-state index < -0.39 is 7.12 Å². The maximum absolute atomic E-state index is 10.8. The fraction of sp³-hybridized carbons (Fsp3) is 0. The van der Waals surface area contributed by atoms with Gasteiger partial charge in [0.05, 0.1) is 0 Å². The zero-order valence-electron chi connectivity index (χ0n) is 12.5. The number of carbonyl (C=O) groups excluding carboxylic acids is 1. The summed E-state index contributed by atoms with van der Waals surface area (Å²) in [4.78, 5) is 10.8. The molecular formula is C19H15BO3. The maximum Gasteiger partial charge on any atom is 0.632 e. The Morgan fingerprint density at radius 3 is 1.57 bits per heavy atom. The number of hydrogen-bond acceptors (Lipinski definition) is 3. The first-order valence-corrected chi connectivity index (χ1v) is 7.34. The van der Waals surface area contributed by atoms with Crippen LogP contribution in [0.15, 0.2) is 84.9 Å². The van der Waals surface area contributed by atoms with E-state index in [1.54, 1.807) is 12.1 Å². The van der Waals surface area contributed by atoms with Crippen LogP contribution in [0.5, 0.6) is 11.5 Å². The Morgan fingerprint density at radius 2 is 1.13 bits per heavy atom. The summed E-state index contributed by atoms with van der Waals surface area (Å²) in [7, 11) is -0.597. The maximum atomic E-state index is 10.8. The zero-order valence-corrected chi connectivity index (χ0v) is 12.5. The fourth-order valence-corrected chi connectivity index (χ4v) is 2.14. The molecule has 0 bridgehead atoms. The van der Waals surface area contributed by atoms with Gasteiger partial charge >= 0.3 is 7.12 Å². The summed E-state index contributed by atoms with van der Waals surface area (Å²) in [6.07, 6.45) is 0.814. The molecule has 23 heavy (non-hydrogen) atoms. The highest BCUT2D eigenvalue weighted by Crippen LogP contribution is 2.14. The number of carbonyl (C=O) groups is 1. The fourth-order valence-electron chi connectivity index (χ4n) is 2.14. The largest absolute Gasteiger partial charge is 0.632 e. The molecule has 0 N–H and O–H groups in total. The van der Waals surface area contributed by atoms with Crippen LogP contribution in [0.2, 0.25) is 0 Å². The highest BCUT2D eigenvalue weighted by atomic mass is 16.6. The molecule has 0 saturated carbocycles. The molecule has 112 valence electrons. The lowest BCUT2D eigenvalue weighted by molar-refractivity contribution is 0.112. The number of benzene rings is 3. The minimum atomic E-state index is -0.597. The lowest BCUT2D eigenvalue weighted by atomic mass is 9.78. The predicted molar refractivity (Wildman–Crippen MR) is 91.4 cm³/mol. The van der Waals surface area contributed by atoms with Crippen LogP contribution in [0.1, 0.15) is 10.4 Å². The van der Waals surface area contributed by atoms with Gasteiger partial charge < -0.3 is 9.31 Å². The summed E-state index contributed by atoms with van der Waals surface area (Å²) in [6, 6.07) is 26.2. The van der Waals surface area contributed by atoms with Crippen LogP contribution in [-0.4, -0.2) is 13.4 Å². The third-order valence-electron chi connectivity index (χ3n) is 3.32. The smallest absolute Gasteiger partial charge is 0.522 e. The van der Waals surface area contributed by atoms with E-state index in [0.29, 0.717) is 17.1 Å². The van der Waals surface area contributed by atoms with Crippen molar-refractivity contribution in [3.8, 4) is 11.5 Å². The lowest BCUT2D eigenvalue weighted by Crippen LogP contribution is -2.42. The van der Waals surface area contributed by atoms with Gasteiger partial charge in [-0.1, -0.05) is 60.7 Å². The summed E-state index contributed by atoms with van der Waals surface area (Å²) >= 11 is 0. The molecule has 0 aliphatic heterocycles. The summed E-state index contributed by atoms with van der Waals surface area (Å²) in [5, 5.41) is 0. The summed E-state index contributed by atoms with van der Waals surface area (Å²) in [6.45, 7) is 0. The molecule has 3 rings (SSSR count). The summed E-state index contributed by atoms with van der Waals surface area (Å²) in [5.41, 5.74) is 1.45. The van der Waals surface area contributed by atoms with Crippen LogP contribution in [0.25, 0.3) is 0 Å². The van der Waals surface area contributed by atoms with Crippen molar-refractivity contribution in [2.75, 3.05) is 0 Å². The van der Waals surface area contributed by atoms with Crippen LogP contribution >= 0.6 is 0 Å². The molecule has 0 aliphatic rings. The molecule has 4 heteroatoms. The zero-order chi connectivity index (χ0) is 15.9. The van der Waals surface area contributed by atoms with Crippen LogP contribution in [0.3, 0.4) is 0 Å². The van der Waals surface area contributed by atoms with Crippen molar-refractivity contribution >= 4 is 18.9 Å².